The van der Waals surface area contributed by atoms with E-state index in [0.29, 0.717) is 0 Å². The molecule has 0 aliphatic carbocycles. The Morgan fingerprint density at radius 2 is 1.64 bits per heavy atom. The van der Waals surface area contributed by atoms with Gasteiger partial charge in [0.25, 0.3) is 5.69 Å². The van der Waals surface area contributed by atoms with Gasteiger partial charge in [0.1, 0.15) is 6.10 Å². The molecular formula is C17H19N3O5. The molecule has 0 radical (unpaired) electrons. The van der Waals surface area contributed by atoms with Crippen LogP contribution in [0.1, 0.15) is 18.6 Å². The van der Waals surface area contributed by atoms with E-state index in [9.17, 15) is 20.2 Å². The third kappa shape index (κ3) is 4.30. The lowest BCUT2D eigenvalue weighted by molar-refractivity contribution is -0.394. The maximum absolute atomic E-state index is 11.3. The zero-order valence-electron chi connectivity index (χ0n) is 14.2. The van der Waals surface area contributed by atoms with Gasteiger partial charge >= 0.3 is 5.69 Å². The summed E-state index contributed by atoms with van der Waals surface area (Å²) in [7, 11) is 3.77. The number of non-ortho nitro benzene ring substituents is 1. The van der Waals surface area contributed by atoms with E-state index in [1.54, 1.807) is 0 Å². The lowest BCUT2D eigenvalue weighted by Gasteiger charge is -2.30. The third-order valence-corrected chi connectivity index (χ3v) is 3.98. The van der Waals surface area contributed by atoms with Crippen LogP contribution in [-0.4, -0.2) is 34.9 Å². The summed E-state index contributed by atoms with van der Waals surface area (Å²) in [6.07, 6.45) is -0.476. The molecule has 0 bridgehead atoms. The third-order valence-electron chi connectivity index (χ3n) is 3.98. The van der Waals surface area contributed by atoms with Crippen LogP contribution in [0.3, 0.4) is 0 Å². The molecule has 1 unspecified atom stereocenters. The van der Waals surface area contributed by atoms with Crippen molar-refractivity contribution in [3.8, 4) is 5.75 Å². The fourth-order valence-electron chi connectivity index (χ4n) is 2.36. The molecule has 0 fully saturated rings. The van der Waals surface area contributed by atoms with Gasteiger partial charge in [0, 0.05) is 12.1 Å². The quantitative estimate of drug-likeness (QED) is 0.562. The predicted octanol–water partition coefficient (Wildman–Crippen LogP) is 3.57. The molecule has 8 nitrogen and oxygen atoms in total. The Balaban J connectivity index is 2.45. The minimum atomic E-state index is -0.676. The van der Waals surface area contributed by atoms with Crippen molar-refractivity contribution in [3.05, 3.63) is 74.3 Å². The molecule has 0 spiro atoms. The molecule has 0 aromatic heterocycles. The van der Waals surface area contributed by atoms with E-state index in [2.05, 4.69) is 0 Å². The zero-order valence-corrected chi connectivity index (χ0v) is 14.2. The lowest BCUT2D eigenvalue weighted by Crippen LogP contribution is -2.34. The first-order chi connectivity index (χ1) is 11.8. The highest BCUT2D eigenvalue weighted by molar-refractivity contribution is 5.53. The van der Waals surface area contributed by atoms with Gasteiger partial charge in [-0.15, -0.1) is 0 Å². The highest BCUT2D eigenvalue weighted by Crippen LogP contribution is 2.35. The Hall–Kier alpha value is -3.00. The number of nitro groups is 2. The molecule has 0 saturated carbocycles. The van der Waals surface area contributed by atoms with Crippen LogP contribution in [0.4, 0.5) is 11.4 Å². The van der Waals surface area contributed by atoms with Crippen LogP contribution >= 0.6 is 0 Å². The summed E-state index contributed by atoms with van der Waals surface area (Å²) in [4.78, 5) is 22.8. The van der Waals surface area contributed by atoms with E-state index < -0.39 is 21.6 Å². The summed E-state index contributed by atoms with van der Waals surface area (Å²) in [5.74, 6) is -0.00171. The molecule has 25 heavy (non-hydrogen) atoms. The molecule has 0 N–H and O–H groups in total. The van der Waals surface area contributed by atoms with Crippen molar-refractivity contribution in [2.75, 3.05) is 14.1 Å². The van der Waals surface area contributed by atoms with Crippen LogP contribution in [0.25, 0.3) is 0 Å². The smallest absolute Gasteiger partial charge is 0.317 e. The normalized spacial score (nSPS) is 13.3. The lowest BCUT2D eigenvalue weighted by atomic mass is 10.0. The topological polar surface area (TPSA) is 98.8 Å². The van der Waals surface area contributed by atoms with Crippen LogP contribution in [-0.2, 0) is 0 Å². The second-order valence-corrected chi connectivity index (χ2v) is 5.82. The fraction of sp³-hybridized carbons (Fsp3) is 0.294. The first-order valence-electron chi connectivity index (χ1n) is 7.62. The van der Waals surface area contributed by atoms with Crippen LogP contribution in [0.2, 0.25) is 0 Å². The average Bonchev–Trinajstić information content (AvgIpc) is 2.59. The van der Waals surface area contributed by atoms with E-state index in [1.807, 2.05) is 56.3 Å². The van der Waals surface area contributed by atoms with Crippen molar-refractivity contribution in [2.24, 2.45) is 0 Å². The van der Waals surface area contributed by atoms with Gasteiger partial charge in [-0.2, -0.15) is 0 Å². The number of likely N-dealkylation sites (N-methyl/N-ethyl adjacent to an activating group) is 1. The first kappa shape index (κ1) is 18.3. The van der Waals surface area contributed by atoms with Crippen molar-refractivity contribution in [2.45, 2.75) is 19.1 Å². The summed E-state index contributed by atoms with van der Waals surface area (Å²) in [5, 5.41) is 22.2. The Morgan fingerprint density at radius 3 is 2.16 bits per heavy atom. The van der Waals surface area contributed by atoms with Gasteiger partial charge in [0.2, 0.25) is 0 Å². The van der Waals surface area contributed by atoms with Crippen LogP contribution in [0, 0.1) is 20.2 Å². The summed E-state index contributed by atoms with van der Waals surface area (Å²) >= 11 is 0. The van der Waals surface area contributed by atoms with Gasteiger partial charge in [-0.25, -0.2) is 0 Å². The van der Waals surface area contributed by atoms with E-state index >= 15 is 0 Å². The molecule has 0 aliphatic heterocycles. The average molecular weight is 345 g/mol. The maximum Gasteiger partial charge on any atom is 0.317 e. The maximum atomic E-state index is 11.3. The number of ether oxygens (including phenoxy) is 1. The standard InChI is InChI=1S/C17H19N3O5/c1-12(18(2)3)17(13-7-5-4-6-8-13)25-16-10-9-14(19(21)22)11-15(16)20(23)24/h4-12,17H,1-3H3/t12-,17?/m0/s1. The minimum absolute atomic E-state index is 0.00171. The van der Waals surface area contributed by atoms with Crippen molar-refractivity contribution in [1.82, 2.24) is 4.90 Å². The van der Waals surface area contributed by atoms with Gasteiger partial charge < -0.3 is 9.64 Å². The molecule has 2 aromatic rings. The number of nitrogens with zero attached hydrogens (tertiary/aromatic N) is 3. The van der Waals surface area contributed by atoms with Gasteiger partial charge in [-0.1, -0.05) is 30.3 Å². The Kier molecular flexibility index (Phi) is 5.66. The molecule has 0 aliphatic rings. The molecule has 132 valence electrons. The monoisotopic (exact) mass is 345 g/mol. The fourth-order valence-corrected chi connectivity index (χ4v) is 2.36. The van der Waals surface area contributed by atoms with Gasteiger partial charge in [-0.05, 0) is 32.6 Å². The number of nitro benzene ring substituents is 2. The highest BCUT2D eigenvalue weighted by Gasteiger charge is 2.28. The second kappa shape index (κ2) is 7.71. The number of benzene rings is 2. The van der Waals surface area contributed by atoms with Crippen LogP contribution in [0.15, 0.2) is 48.5 Å². The summed E-state index contributed by atoms with van der Waals surface area (Å²) in [5.41, 5.74) is 0.0772. The Bertz CT molecular complexity index is 764. The summed E-state index contributed by atoms with van der Waals surface area (Å²) < 4.78 is 5.94. The van der Waals surface area contributed by atoms with Crippen molar-refractivity contribution < 1.29 is 14.6 Å². The Labute approximate surface area is 144 Å². The first-order valence-corrected chi connectivity index (χ1v) is 7.62. The second-order valence-electron chi connectivity index (χ2n) is 5.82. The van der Waals surface area contributed by atoms with Crippen molar-refractivity contribution in [3.63, 3.8) is 0 Å². The van der Waals surface area contributed by atoms with Crippen LogP contribution < -0.4 is 4.74 Å². The zero-order chi connectivity index (χ0) is 18.6. The van der Waals surface area contributed by atoms with E-state index in [-0.39, 0.29) is 17.5 Å². The molecule has 8 heteroatoms. The van der Waals surface area contributed by atoms with Crippen molar-refractivity contribution in [1.29, 1.82) is 0 Å². The summed E-state index contributed by atoms with van der Waals surface area (Å²) in [6, 6.07) is 12.6. The largest absolute Gasteiger partial charge is 0.477 e. The van der Waals surface area contributed by atoms with E-state index in [0.717, 1.165) is 11.6 Å². The van der Waals surface area contributed by atoms with E-state index in [1.165, 1.54) is 12.1 Å². The molecule has 0 saturated heterocycles. The predicted molar refractivity (Wildman–Crippen MR) is 92.7 cm³/mol. The summed E-state index contributed by atoms with van der Waals surface area (Å²) in [6.45, 7) is 1.94. The Morgan fingerprint density at radius 1 is 1.00 bits per heavy atom. The van der Waals surface area contributed by atoms with Gasteiger partial charge in [0.05, 0.1) is 15.9 Å². The number of rotatable bonds is 7. The molecule has 2 aromatic carbocycles. The van der Waals surface area contributed by atoms with Crippen LogP contribution in [0.5, 0.6) is 5.75 Å². The molecule has 0 heterocycles. The molecule has 2 atom stereocenters. The van der Waals surface area contributed by atoms with E-state index in [4.69, 9.17) is 4.74 Å². The SMILES string of the molecule is C[C@@H](C(Oc1ccc([N+](=O)[O-])cc1[N+](=O)[O-])c1ccccc1)N(C)C. The number of hydrogen-bond acceptors (Lipinski definition) is 6. The van der Waals surface area contributed by atoms with Gasteiger partial charge in [-0.3, -0.25) is 20.2 Å². The molecule has 2 rings (SSSR count). The number of hydrogen-bond donors (Lipinski definition) is 0. The highest BCUT2D eigenvalue weighted by atomic mass is 16.6. The molecular weight excluding hydrogens is 326 g/mol. The molecule has 0 amide bonds. The van der Waals surface area contributed by atoms with Gasteiger partial charge in [0.15, 0.2) is 5.75 Å². The minimum Gasteiger partial charge on any atom is -0.477 e. The van der Waals surface area contributed by atoms with Crippen molar-refractivity contribution >= 4 is 11.4 Å².